The molecule has 0 saturated heterocycles. The molecule has 5 rings (SSSR count). The summed E-state index contributed by atoms with van der Waals surface area (Å²) >= 11 is 0. The molecule has 0 radical (unpaired) electrons. The van der Waals surface area contributed by atoms with Gasteiger partial charge < -0.3 is 15.6 Å². The first kappa shape index (κ1) is 20.2. The number of rotatable bonds is 4. The molecule has 0 spiro atoms. The van der Waals surface area contributed by atoms with Gasteiger partial charge in [0.15, 0.2) is 0 Å². The Morgan fingerprint density at radius 1 is 0.970 bits per heavy atom. The van der Waals surface area contributed by atoms with Gasteiger partial charge >= 0.3 is 0 Å². The number of H-pyrrole nitrogens is 1. The highest BCUT2D eigenvalue weighted by atomic mass is 19.1. The van der Waals surface area contributed by atoms with Crippen molar-refractivity contribution in [2.75, 3.05) is 10.6 Å². The van der Waals surface area contributed by atoms with Crippen LogP contribution in [-0.2, 0) is 4.79 Å². The van der Waals surface area contributed by atoms with Gasteiger partial charge in [-0.25, -0.2) is 4.39 Å². The van der Waals surface area contributed by atoms with Crippen LogP contribution < -0.4 is 16.2 Å². The number of amides is 2. The molecule has 1 aliphatic rings. The number of carbonyl (C=O) groups is 2. The maximum Gasteiger partial charge on any atom is 0.267 e. The smallest absolute Gasteiger partial charge is 0.267 e. The summed E-state index contributed by atoms with van der Waals surface area (Å²) in [4.78, 5) is 41.5. The van der Waals surface area contributed by atoms with Crippen LogP contribution >= 0.6 is 0 Å². The van der Waals surface area contributed by atoms with Crippen molar-refractivity contribution >= 4 is 34.8 Å². The number of hydrogen-bond donors (Lipinski definition) is 3. The van der Waals surface area contributed by atoms with E-state index in [4.69, 9.17) is 0 Å². The lowest BCUT2D eigenvalue weighted by Gasteiger charge is -2.11. The average molecular weight is 440 g/mol. The van der Waals surface area contributed by atoms with Crippen molar-refractivity contribution in [3.05, 3.63) is 112 Å². The summed E-state index contributed by atoms with van der Waals surface area (Å²) in [5, 5.41) is 5.51. The van der Waals surface area contributed by atoms with Crippen LogP contribution in [0, 0.1) is 5.82 Å². The van der Waals surface area contributed by atoms with Gasteiger partial charge in [-0.1, -0.05) is 12.1 Å². The molecule has 162 valence electrons. The third-order valence-corrected chi connectivity index (χ3v) is 5.30. The number of hydrogen-bond acceptors (Lipinski definition) is 3. The molecular weight excluding hydrogens is 423 g/mol. The fourth-order valence-corrected chi connectivity index (χ4v) is 3.71. The molecule has 33 heavy (non-hydrogen) atoms. The third kappa shape index (κ3) is 3.74. The molecule has 2 aromatic carbocycles. The number of aromatic amines is 1. The second-order valence-corrected chi connectivity index (χ2v) is 7.39. The predicted molar refractivity (Wildman–Crippen MR) is 124 cm³/mol. The first-order valence-electron chi connectivity index (χ1n) is 10.1. The van der Waals surface area contributed by atoms with E-state index in [0.29, 0.717) is 28.2 Å². The fourth-order valence-electron chi connectivity index (χ4n) is 3.71. The summed E-state index contributed by atoms with van der Waals surface area (Å²) in [6, 6.07) is 17.2. The standard InChI is InChI=1S/C25H17FN4O3/c26-15-8-10-17(11-9-15)30-13-3-6-19(25(30)33)23(31)28-21-7-1-5-18-20(24(32)29-22(18)21)14-16-4-2-12-27-16/h1-14,27H,(H,28,31)(H,29,32)/b20-14-. The minimum Gasteiger partial charge on any atom is -0.362 e. The van der Waals surface area contributed by atoms with Gasteiger partial charge in [0.2, 0.25) is 0 Å². The van der Waals surface area contributed by atoms with E-state index in [0.717, 1.165) is 5.69 Å². The molecule has 7 nitrogen and oxygen atoms in total. The molecule has 0 bridgehead atoms. The maximum atomic E-state index is 13.2. The first-order valence-corrected chi connectivity index (χ1v) is 10.1. The topological polar surface area (TPSA) is 96.0 Å². The van der Waals surface area contributed by atoms with Crippen molar-refractivity contribution < 1.29 is 14.0 Å². The number of halogens is 1. The first-order chi connectivity index (χ1) is 16.0. The molecule has 0 unspecified atom stereocenters. The number of nitrogens with one attached hydrogen (secondary N) is 3. The van der Waals surface area contributed by atoms with E-state index >= 15 is 0 Å². The van der Waals surface area contributed by atoms with E-state index in [9.17, 15) is 18.8 Å². The summed E-state index contributed by atoms with van der Waals surface area (Å²) in [7, 11) is 0. The molecular formula is C25H17FN4O3. The summed E-state index contributed by atoms with van der Waals surface area (Å²) < 4.78 is 14.5. The number of fused-ring (bicyclic) bond motifs is 1. The van der Waals surface area contributed by atoms with Crippen LogP contribution in [0.4, 0.5) is 15.8 Å². The molecule has 8 heteroatoms. The molecule has 2 amide bonds. The molecule has 2 aromatic heterocycles. The van der Waals surface area contributed by atoms with Gasteiger partial charge in [0.1, 0.15) is 11.4 Å². The summed E-state index contributed by atoms with van der Waals surface area (Å²) in [6.07, 6.45) is 4.99. The fraction of sp³-hybridized carbons (Fsp3) is 0. The van der Waals surface area contributed by atoms with Crippen molar-refractivity contribution in [3.63, 3.8) is 0 Å². The summed E-state index contributed by atoms with van der Waals surface area (Å²) in [6.45, 7) is 0. The number of carbonyl (C=O) groups excluding carboxylic acids is 2. The van der Waals surface area contributed by atoms with Crippen LogP contribution in [0.1, 0.15) is 21.6 Å². The van der Waals surface area contributed by atoms with Gasteiger partial charge in [-0.05, 0) is 60.7 Å². The lowest BCUT2D eigenvalue weighted by atomic mass is 10.0. The number of aromatic nitrogens is 2. The third-order valence-electron chi connectivity index (χ3n) is 5.30. The Morgan fingerprint density at radius 2 is 1.79 bits per heavy atom. The van der Waals surface area contributed by atoms with Crippen LogP contribution in [-0.4, -0.2) is 21.4 Å². The monoisotopic (exact) mass is 440 g/mol. The highest BCUT2D eigenvalue weighted by Crippen LogP contribution is 2.38. The lowest BCUT2D eigenvalue weighted by Crippen LogP contribution is -2.28. The van der Waals surface area contributed by atoms with Gasteiger partial charge in [-0.2, -0.15) is 0 Å². The minimum absolute atomic E-state index is 0.0918. The van der Waals surface area contributed by atoms with E-state index in [1.54, 1.807) is 36.5 Å². The minimum atomic E-state index is -0.624. The van der Waals surface area contributed by atoms with Crippen LogP contribution in [0.3, 0.4) is 0 Å². The van der Waals surface area contributed by atoms with Crippen LogP contribution in [0.25, 0.3) is 17.3 Å². The maximum absolute atomic E-state index is 13.2. The largest absolute Gasteiger partial charge is 0.362 e. The van der Waals surface area contributed by atoms with Crippen molar-refractivity contribution in [1.29, 1.82) is 0 Å². The zero-order valence-corrected chi connectivity index (χ0v) is 17.1. The Balaban J connectivity index is 1.47. The summed E-state index contributed by atoms with van der Waals surface area (Å²) in [5.74, 6) is -1.34. The quantitative estimate of drug-likeness (QED) is 0.418. The highest BCUT2D eigenvalue weighted by molar-refractivity contribution is 6.36. The van der Waals surface area contributed by atoms with Gasteiger partial charge in [0.05, 0.1) is 16.9 Å². The average Bonchev–Trinajstić information content (AvgIpc) is 3.43. The van der Waals surface area contributed by atoms with Crippen molar-refractivity contribution in [3.8, 4) is 5.69 Å². The Bertz CT molecular complexity index is 1470. The Hall–Kier alpha value is -4.72. The van der Waals surface area contributed by atoms with Gasteiger partial charge in [-0.3, -0.25) is 19.0 Å². The molecule has 0 aliphatic carbocycles. The van der Waals surface area contributed by atoms with Crippen molar-refractivity contribution in [2.45, 2.75) is 0 Å². The summed E-state index contributed by atoms with van der Waals surface area (Å²) in [5.41, 5.74) is 2.50. The van der Waals surface area contributed by atoms with Crippen molar-refractivity contribution in [1.82, 2.24) is 9.55 Å². The second kappa shape index (κ2) is 8.08. The normalized spacial score (nSPS) is 13.6. The van der Waals surface area contributed by atoms with Gasteiger partial charge in [0, 0.05) is 29.3 Å². The predicted octanol–water partition coefficient (Wildman–Crippen LogP) is 4.05. The Kier molecular flexibility index (Phi) is 4.95. The molecule has 3 heterocycles. The van der Waals surface area contributed by atoms with E-state index in [2.05, 4.69) is 15.6 Å². The van der Waals surface area contributed by atoms with E-state index in [1.807, 2.05) is 12.1 Å². The number of benzene rings is 2. The van der Waals surface area contributed by atoms with Gasteiger partial charge in [0.25, 0.3) is 17.4 Å². The van der Waals surface area contributed by atoms with Gasteiger partial charge in [-0.15, -0.1) is 0 Å². The molecule has 0 saturated carbocycles. The lowest BCUT2D eigenvalue weighted by molar-refractivity contribution is -0.110. The molecule has 1 aliphatic heterocycles. The molecule has 4 aromatic rings. The van der Waals surface area contributed by atoms with Crippen LogP contribution in [0.2, 0.25) is 0 Å². The Labute approximate surface area is 187 Å². The van der Waals surface area contributed by atoms with Crippen molar-refractivity contribution in [2.24, 2.45) is 0 Å². The number of anilines is 2. The second-order valence-electron chi connectivity index (χ2n) is 7.39. The SMILES string of the molecule is O=C1Nc2c(NC(=O)c3cccn(-c4ccc(F)cc4)c3=O)cccc2/C1=C/c1ccc[nH]1. The number of nitrogens with zero attached hydrogens (tertiary/aromatic N) is 1. The number of pyridine rings is 1. The number of para-hydroxylation sites is 1. The molecule has 0 fully saturated rings. The highest BCUT2D eigenvalue weighted by Gasteiger charge is 2.27. The van der Waals surface area contributed by atoms with Crippen LogP contribution in [0.5, 0.6) is 0 Å². The van der Waals surface area contributed by atoms with Crippen LogP contribution in [0.15, 0.2) is 83.9 Å². The zero-order chi connectivity index (χ0) is 22.9. The zero-order valence-electron chi connectivity index (χ0n) is 17.1. The van der Waals surface area contributed by atoms with E-state index in [-0.39, 0.29) is 11.5 Å². The van der Waals surface area contributed by atoms with E-state index in [1.165, 1.54) is 41.1 Å². The molecule has 0 atom stereocenters. The Morgan fingerprint density at radius 3 is 2.55 bits per heavy atom. The van der Waals surface area contributed by atoms with E-state index < -0.39 is 17.3 Å². The molecule has 3 N–H and O–H groups in total.